The third kappa shape index (κ3) is 3.64. The van der Waals surface area contributed by atoms with Gasteiger partial charge in [0.2, 0.25) is 0 Å². The highest BCUT2D eigenvalue weighted by molar-refractivity contribution is 6.00. The Bertz CT molecular complexity index is 1260. The first-order chi connectivity index (χ1) is 15.3. The molecule has 0 radical (unpaired) electrons. The van der Waals surface area contributed by atoms with E-state index in [1.807, 2.05) is 18.2 Å². The first-order valence-corrected chi connectivity index (χ1v) is 10.4. The molecule has 0 saturated carbocycles. The predicted molar refractivity (Wildman–Crippen MR) is 131 cm³/mol. The highest BCUT2D eigenvalue weighted by Crippen LogP contribution is 2.38. The van der Waals surface area contributed by atoms with Crippen molar-refractivity contribution < 1.29 is 4.74 Å². The summed E-state index contributed by atoms with van der Waals surface area (Å²) in [7, 11) is 1.72. The fourth-order valence-corrected chi connectivity index (χ4v) is 4.09. The number of benzene rings is 5. The molecule has 0 aliphatic carbocycles. The van der Waals surface area contributed by atoms with Gasteiger partial charge in [0.1, 0.15) is 5.75 Å². The second-order valence-corrected chi connectivity index (χ2v) is 7.41. The predicted octanol–water partition coefficient (Wildman–Crippen LogP) is 7.99. The van der Waals surface area contributed by atoms with E-state index >= 15 is 0 Å². The van der Waals surface area contributed by atoms with Gasteiger partial charge in [-0.05, 0) is 59.0 Å². The van der Waals surface area contributed by atoms with Gasteiger partial charge in [0, 0.05) is 22.4 Å². The van der Waals surface area contributed by atoms with Crippen LogP contribution in [0.4, 0.5) is 17.1 Å². The minimum absolute atomic E-state index is 0.898. The van der Waals surface area contributed by atoms with E-state index in [0.717, 1.165) is 28.2 Å². The largest absolute Gasteiger partial charge is 0.496 e. The third-order valence-electron chi connectivity index (χ3n) is 5.57. The zero-order chi connectivity index (χ0) is 21.0. The Morgan fingerprint density at radius 2 is 1.00 bits per heavy atom. The van der Waals surface area contributed by atoms with Crippen molar-refractivity contribution in [3.8, 4) is 16.9 Å². The van der Waals surface area contributed by atoms with Crippen LogP contribution in [0.3, 0.4) is 0 Å². The van der Waals surface area contributed by atoms with Crippen LogP contribution in [0.2, 0.25) is 0 Å². The van der Waals surface area contributed by atoms with Gasteiger partial charge in [-0.25, -0.2) is 0 Å². The van der Waals surface area contributed by atoms with E-state index in [1.165, 1.54) is 16.5 Å². The summed E-state index contributed by atoms with van der Waals surface area (Å²) in [5.74, 6) is 0.898. The maximum atomic E-state index is 5.56. The molecule has 0 aromatic heterocycles. The molecule has 150 valence electrons. The van der Waals surface area contributed by atoms with Crippen molar-refractivity contribution in [3.63, 3.8) is 0 Å². The fraction of sp³-hybridized carbons (Fsp3) is 0.0345. The highest BCUT2D eigenvalue weighted by Gasteiger charge is 2.13. The average Bonchev–Trinajstić information content (AvgIpc) is 2.85. The smallest absolute Gasteiger partial charge is 0.126 e. The van der Waals surface area contributed by atoms with Crippen molar-refractivity contribution >= 4 is 27.8 Å². The summed E-state index contributed by atoms with van der Waals surface area (Å²) in [5, 5.41) is 2.32. The number of hydrogen-bond donors (Lipinski definition) is 0. The zero-order valence-corrected chi connectivity index (χ0v) is 17.4. The van der Waals surface area contributed by atoms with Crippen LogP contribution in [-0.2, 0) is 0 Å². The van der Waals surface area contributed by atoms with E-state index in [9.17, 15) is 0 Å². The van der Waals surface area contributed by atoms with Gasteiger partial charge in [-0.2, -0.15) is 0 Å². The summed E-state index contributed by atoms with van der Waals surface area (Å²) in [6.45, 7) is 0. The second kappa shape index (κ2) is 8.37. The van der Waals surface area contributed by atoms with Gasteiger partial charge in [0.15, 0.2) is 0 Å². The molecule has 0 aliphatic rings. The number of ether oxygens (including phenoxy) is 1. The fourth-order valence-electron chi connectivity index (χ4n) is 4.09. The molecule has 0 spiro atoms. The maximum absolute atomic E-state index is 5.56. The van der Waals surface area contributed by atoms with E-state index in [-0.39, 0.29) is 0 Å². The number of fused-ring (bicyclic) bond motifs is 1. The number of para-hydroxylation sites is 2. The van der Waals surface area contributed by atoms with Crippen molar-refractivity contribution in [2.75, 3.05) is 12.0 Å². The average molecular weight is 402 g/mol. The van der Waals surface area contributed by atoms with Crippen molar-refractivity contribution in [1.29, 1.82) is 0 Å². The van der Waals surface area contributed by atoms with Gasteiger partial charge < -0.3 is 9.64 Å². The van der Waals surface area contributed by atoms with Crippen molar-refractivity contribution in [3.05, 3.63) is 121 Å². The lowest BCUT2D eigenvalue weighted by Crippen LogP contribution is -2.09. The van der Waals surface area contributed by atoms with Crippen LogP contribution in [-0.4, -0.2) is 7.11 Å². The Balaban J connectivity index is 1.59. The SMILES string of the molecule is COc1ccc(-c2ccc(N(c3ccccc3)c3ccccc3)cc2)c2ccccc12. The quantitative estimate of drug-likeness (QED) is 0.296. The molecule has 0 aliphatic heterocycles. The Morgan fingerprint density at radius 1 is 0.484 bits per heavy atom. The summed E-state index contributed by atoms with van der Waals surface area (Å²) in [6, 6.07) is 42.3. The Morgan fingerprint density at radius 3 is 1.58 bits per heavy atom. The molecule has 0 atom stereocenters. The molecule has 5 aromatic rings. The molecule has 2 heteroatoms. The van der Waals surface area contributed by atoms with Gasteiger partial charge in [-0.1, -0.05) is 78.9 Å². The number of anilines is 3. The van der Waals surface area contributed by atoms with Crippen LogP contribution in [0.15, 0.2) is 121 Å². The van der Waals surface area contributed by atoms with Gasteiger partial charge in [-0.15, -0.1) is 0 Å². The van der Waals surface area contributed by atoms with Crippen molar-refractivity contribution in [1.82, 2.24) is 0 Å². The van der Waals surface area contributed by atoms with Crippen LogP contribution in [0.25, 0.3) is 21.9 Å². The van der Waals surface area contributed by atoms with Crippen molar-refractivity contribution in [2.24, 2.45) is 0 Å². The molecular weight excluding hydrogens is 378 g/mol. The van der Waals surface area contributed by atoms with Crippen molar-refractivity contribution in [2.45, 2.75) is 0 Å². The summed E-state index contributed by atoms with van der Waals surface area (Å²) < 4.78 is 5.56. The van der Waals surface area contributed by atoms with Crippen LogP contribution in [0.5, 0.6) is 5.75 Å². The third-order valence-corrected chi connectivity index (χ3v) is 5.57. The lowest BCUT2D eigenvalue weighted by molar-refractivity contribution is 0.420. The van der Waals surface area contributed by atoms with E-state index in [4.69, 9.17) is 4.74 Å². The molecule has 0 N–H and O–H groups in total. The van der Waals surface area contributed by atoms with E-state index in [1.54, 1.807) is 7.11 Å². The molecule has 5 aromatic carbocycles. The monoisotopic (exact) mass is 401 g/mol. The first-order valence-electron chi connectivity index (χ1n) is 10.4. The number of hydrogen-bond acceptors (Lipinski definition) is 2. The molecule has 0 saturated heterocycles. The molecule has 0 fully saturated rings. The lowest BCUT2D eigenvalue weighted by atomic mass is 9.97. The van der Waals surface area contributed by atoms with E-state index in [0.29, 0.717) is 0 Å². The molecule has 0 bridgehead atoms. The summed E-state index contributed by atoms with van der Waals surface area (Å²) in [5.41, 5.74) is 5.78. The van der Waals surface area contributed by atoms with Gasteiger partial charge >= 0.3 is 0 Å². The topological polar surface area (TPSA) is 12.5 Å². The molecule has 2 nitrogen and oxygen atoms in total. The standard InChI is InChI=1S/C29H23NO/c1-31-29-21-20-26(27-14-8-9-15-28(27)29)22-16-18-25(19-17-22)30(23-10-4-2-5-11-23)24-12-6-3-7-13-24/h2-21H,1H3. The molecule has 5 rings (SSSR count). The van der Waals surface area contributed by atoms with Crippen LogP contribution >= 0.6 is 0 Å². The number of rotatable bonds is 5. The van der Waals surface area contributed by atoms with Crippen LogP contribution in [0.1, 0.15) is 0 Å². The molecule has 0 amide bonds. The van der Waals surface area contributed by atoms with Crippen LogP contribution in [0, 0.1) is 0 Å². The van der Waals surface area contributed by atoms with E-state index < -0.39 is 0 Å². The van der Waals surface area contributed by atoms with Gasteiger partial charge in [-0.3, -0.25) is 0 Å². The first kappa shape index (κ1) is 19.0. The molecule has 31 heavy (non-hydrogen) atoms. The Kier molecular flexibility index (Phi) is 5.12. The lowest BCUT2D eigenvalue weighted by Gasteiger charge is -2.25. The Labute approximate surface area is 183 Å². The number of nitrogens with zero attached hydrogens (tertiary/aromatic N) is 1. The molecule has 0 heterocycles. The zero-order valence-electron chi connectivity index (χ0n) is 17.4. The van der Waals surface area contributed by atoms with Gasteiger partial charge in [0.05, 0.1) is 7.11 Å². The minimum Gasteiger partial charge on any atom is -0.496 e. The summed E-state index contributed by atoms with van der Waals surface area (Å²) >= 11 is 0. The number of methoxy groups -OCH3 is 1. The van der Waals surface area contributed by atoms with Crippen LogP contribution < -0.4 is 9.64 Å². The highest BCUT2D eigenvalue weighted by atomic mass is 16.5. The van der Waals surface area contributed by atoms with E-state index in [2.05, 4.69) is 108 Å². The molecule has 0 unspecified atom stereocenters. The Hall–Kier alpha value is -4.04. The summed E-state index contributed by atoms with van der Waals surface area (Å²) in [4.78, 5) is 2.27. The maximum Gasteiger partial charge on any atom is 0.126 e. The summed E-state index contributed by atoms with van der Waals surface area (Å²) in [6.07, 6.45) is 0. The van der Waals surface area contributed by atoms with Gasteiger partial charge in [0.25, 0.3) is 0 Å². The normalized spacial score (nSPS) is 10.7. The minimum atomic E-state index is 0.898. The second-order valence-electron chi connectivity index (χ2n) is 7.41. The molecular formula is C29H23NO.